The number of aliphatic hydroxyl groups is 1. The van der Waals surface area contributed by atoms with Crippen molar-refractivity contribution < 1.29 is 14.6 Å². The first-order chi connectivity index (χ1) is 28.6. The van der Waals surface area contributed by atoms with E-state index in [-0.39, 0.29) is 6.61 Å². The topological polar surface area (TPSA) is 38.7 Å². The van der Waals surface area contributed by atoms with Gasteiger partial charge in [-0.3, -0.25) is 0 Å². The van der Waals surface area contributed by atoms with Gasteiger partial charge in [0.2, 0.25) is 0 Å². The van der Waals surface area contributed by atoms with E-state index < -0.39 is 0 Å². The highest BCUT2D eigenvalue weighted by atomic mass is 16.5. The van der Waals surface area contributed by atoms with E-state index in [4.69, 9.17) is 9.47 Å². The third-order valence-electron chi connectivity index (χ3n) is 10.9. The predicted molar refractivity (Wildman–Crippen MR) is 253 cm³/mol. The highest BCUT2D eigenvalue weighted by molar-refractivity contribution is 5.79. The Morgan fingerprint density at radius 2 is 0.621 bits per heavy atom. The van der Waals surface area contributed by atoms with Crippen LogP contribution in [0.15, 0.2) is 91.0 Å². The van der Waals surface area contributed by atoms with Crippen LogP contribution in [-0.2, 0) is 6.61 Å². The minimum atomic E-state index is 0.0539. The van der Waals surface area contributed by atoms with Gasteiger partial charge >= 0.3 is 0 Å². The molecule has 0 amide bonds. The zero-order valence-corrected chi connectivity index (χ0v) is 36.2. The maximum absolute atomic E-state index is 9.44. The fraction of sp³-hybridized carbons (Fsp3) is 0.455. The average Bonchev–Trinajstić information content (AvgIpc) is 3.26. The fourth-order valence-electron chi connectivity index (χ4n) is 7.21. The zero-order chi connectivity index (χ0) is 40.7. The molecule has 0 aromatic heterocycles. The Morgan fingerprint density at radius 1 is 0.345 bits per heavy atom. The van der Waals surface area contributed by atoms with E-state index in [0.29, 0.717) is 0 Å². The van der Waals surface area contributed by atoms with Gasteiger partial charge < -0.3 is 14.6 Å². The zero-order valence-electron chi connectivity index (χ0n) is 36.2. The second-order valence-corrected chi connectivity index (χ2v) is 16.0. The summed E-state index contributed by atoms with van der Waals surface area (Å²) in [4.78, 5) is 0. The summed E-state index contributed by atoms with van der Waals surface area (Å²) in [6.07, 6.45) is 39.6. The first-order valence-electron chi connectivity index (χ1n) is 23.0. The molecule has 0 aliphatic rings. The molecule has 58 heavy (non-hydrogen) atoms. The molecule has 4 aromatic rings. The van der Waals surface area contributed by atoms with Crippen molar-refractivity contribution in [2.45, 2.75) is 149 Å². The Morgan fingerprint density at radius 3 is 0.931 bits per heavy atom. The van der Waals surface area contributed by atoms with Crippen LogP contribution < -0.4 is 9.47 Å². The van der Waals surface area contributed by atoms with Crippen molar-refractivity contribution in [2.75, 3.05) is 13.2 Å². The molecular formula is C55H74O3. The number of unbranched alkanes of at least 4 members (excludes halogenated alkanes) is 18. The van der Waals surface area contributed by atoms with Gasteiger partial charge in [-0.1, -0.05) is 214 Å². The summed E-state index contributed by atoms with van der Waals surface area (Å²) in [5.74, 6) is 1.88. The van der Waals surface area contributed by atoms with Crippen LogP contribution in [-0.4, -0.2) is 18.3 Å². The molecule has 0 aliphatic heterocycles. The molecule has 0 spiro atoms. The van der Waals surface area contributed by atoms with Crippen molar-refractivity contribution in [1.82, 2.24) is 0 Å². The standard InChI is InChI=1S/C55H74O3/c1-3-5-7-9-11-13-15-17-19-21-41-57-54-37-33-48(34-38-54)26-31-52-43-51(30-25-47-23-28-50(46-56)29-24-47)44-53(45-52)32-27-49-35-39-55(40-36-49)58-42-22-20-18-16-14-12-10-8-6-4-2/h23-40,43-45,56H,3-22,41-42,46H2,1-2H3/b30-25+,31-26+,32-27+. The summed E-state index contributed by atoms with van der Waals surface area (Å²) in [5.41, 5.74) is 7.69. The third kappa shape index (κ3) is 20.4. The molecule has 0 unspecified atom stereocenters. The maximum atomic E-state index is 9.44. The molecule has 312 valence electrons. The fourth-order valence-corrected chi connectivity index (χ4v) is 7.21. The van der Waals surface area contributed by atoms with E-state index in [0.717, 1.165) is 76.5 Å². The van der Waals surface area contributed by atoms with E-state index in [1.54, 1.807) is 0 Å². The molecule has 0 bridgehead atoms. The van der Waals surface area contributed by atoms with Crippen LogP contribution in [0.5, 0.6) is 11.5 Å². The smallest absolute Gasteiger partial charge is 0.119 e. The summed E-state index contributed by atoms with van der Waals surface area (Å²) in [6.45, 7) is 6.18. The van der Waals surface area contributed by atoms with Gasteiger partial charge in [-0.2, -0.15) is 0 Å². The highest BCUT2D eigenvalue weighted by Gasteiger charge is 2.01. The van der Waals surface area contributed by atoms with E-state index in [1.165, 1.54) is 116 Å². The SMILES string of the molecule is CCCCCCCCCCCCOc1ccc(/C=C/c2cc(/C=C/c3ccc(CO)cc3)cc(/C=C/c3ccc(OCCCCCCCCCCCC)cc3)c2)cc1. The molecule has 3 heteroatoms. The highest BCUT2D eigenvalue weighted by Crippen LogP contribution is 2.22. The summed E-state index contributed by atoms with van der Waals surface area (Å²) >= 11 is 0. The quantitative estimate of drug-likeness (QED) is 0.0408. The molecule has 1 N–H and O–H groups in total. The van der Waals surface area contributed by atoms with E-state index in [9.17, 15) is 5.11 Å². The minimum absolute atomic E-state index is 0.0539. The van der Waals surface area contributed by atoms with Crippen molar-refractivity contribution in [1.29, 1.82) is 0 Å². The van der Waals surface area contributed by atoms with Crippen LogP contribution in [0.2, 0.25) is 0 Å². The lowest BCUT2D eigenvalue weighted by Crippen LogP contribution is -1.97. The summed E-state index contributed by atoms with van der Waals surface area (Å²) in [6, 6.07) is 31.6. The maximum Gasteiger partial charge on any atom is 0.119 e. The molecule has 0 saturated heterocycles. The van der Waals surface area contributed by atoms with Crippen LogP contribution in [0, 0.1) is 0 Å². The third-order valence-corrected chi connectivity index (χ3v) is 10.9. The summed E-state index contributed by atoms with van der Waals surface area (Å²) in [7, 11) is 0. The van der Waals surface area contributed by atoms with Crippen LogP contribution >= 0.6 is 0 Å². The Hall–Kier alpha value is -4.34. The average molecular weight is 783 g/mol. The number of benzene rings is 4. The number of ether oxygens (including phenoxy) is 2. The van der Waals surface area contributed by atoms with Gasteiger partial charge in [0.1, 0.15) is 11.5 Å². The molecule has 0 fully saturated rings. The number of rotatable bonds is 31. The number of hydrogen-bond acceptors (Lipinski definition) is 3. The number of hydrogen-bond donors (Lipinski definition) is 1. The van der Waals surface area contributed by atoms with Gasteiger partial charge in [-0.05, 0) is 94.3 Å². The molecule has 0 atom stereocenters. The van der Waals surface area contributed by atoms with Gasteiger partial charge in [0.05, 0.1) is 19.8 Å². The van der Waals surface area contributed by atoms with E-state index >= 15 is 0 Å². The Balaban J connectivity index is 1.28. The van der Waals surface area contributed by atoms with Crippen molar-refractivity contribution in [3.63, 3.8) is 0 Å². The lowest BCUT2D eigenvalue weighted by Gasteiger charge is -2.07. The second kappa shape index (κ2) is 29.8. The van der Waals surface area contributed by atoms with Gasteiger partial charge in [0.15, 0.2) is 0 Å². The summed E-state index contributed by atoms with van der Waals surface area (Å²) < 4.78 is 12.1. The molecule has 0 saturated carbocycles. The second-order valence-electron chi connectivity index (χ2n) is 16.0. The minimum Gasteiger partial charge on any atom is -0.494 e. The Bertz CT molecular complexity index is 1620. The lowest BCUT2D eigenvalue weighted by molar-refractivity contribution is 0.282. The van der Waals surface area contributed by atoms with Crippen molar-refractivity contribution in [2.24, 2.45) is 0 Å². The van der Waals surface area contributed by atoms with Gasteiger partial charge in [0.25, 0.3) is 0 Å². The molecule has 0 radical (unpaired) electrons. The van der Waals surface area contributed by atoms with Crippen LogP contribution in [0.25, 0.3) is 36.5 Å². The molecule has 4 rings (SSSR count). The molecular weight excluding hydrogens is 709 g/mol. The molecule has 0 aliphatic carbocycles. The van der Waals surface area contributed by atoms with Crippen LogP contribution in [0.4, 0.5) is 0 Å². The number of aliphatic hydroxyl groups excluding tert-OH is 1. The van der Waals surface area contributed by atoms with Crippen molar-refractivity contribution in [3.05, 3.63) is 130 Å². The van der Waals surface area contributed by atoms with E-state index in [2.05, 4.69) is 117 Å². The Kier molecular flexibility index (Phi) is 23.8. The molecule has 4 aromatic carbocycles. The first-order valence-corrected chi connectivity index (χ1v) is 23.0. The van der Waals surface area contributed by atoms with Gasteiger partial charge in [-0.25, -0.2) is 0 Å². The normalized spacial score (nSPS) is 11.7. The van der Waals surface area contributed by atoms with Crippen LogP contribution in [0.1, 0.15) is 181 Å². The molecule has 3 nitrogen and oxygen atoms in total. The van der Waals surface area contributed by atoms with Crippen LogP contribution in [0.3, 0.4) is 0 Å². The van der Waals surface area contributed by atoms with Gasteiger partial charge in [-0.15, -0.1) is 0 Å². The van der Waals surface area contributed by atoms with Gasteiger partial charge in [0, 0.05) is 0 Å². The van der Waals surface area contributed by atoms with Crippen molar-refractivity contribution >= 4 is 36.5 Å². The largest absolute Gasteiger partial charge is 0.494 e. The first kappa shape index (κ1) is 46.4. The van der Waals surface area contributed by atoms with Crippen molar-refractivity contribution in [3.8, 4) is 11.5 Å². The summed E-state index contributed by atoms with van der Waals surface area (Å²) in [5, 5.41) is 9.44. The lowest BCUT2D eigenvalue weighted by atomic mass is 10.0. The Labute approximate surface area is 353 Å². The predicted octanol–water partition coefficient (Wildman–Crippen LogP) is 16.3. The van der Waals surface area contributed by atoms with E-state index in [1.807, 2.05) is 24.3 Å². The monoisotopic (exact) mass is 783 g/mol. The molecule has 0 heterocycles.